The number of rotatable bonds is 7. The molecule has 0 aliphatic carbocycles. The number of hydrogen-bond donors (Lipinski definition) is 2. The Bertz CT molecular complexity index is 763. The van der Waals surface area contributed by atoms with Gasteiger partial charge in [-0.05, 0) is 0 Å². The zero-order valence-electron chi connectivity index (χ0n) is 14.4. The Morgan fingerprint density at radius 1 is 1.35 bits per heavy atom. The van der Waals surface area contributed by atoms with E-state index in [0.29, 0.717) is 15.9 Å². The van der Waals surface area contributed by atoms with Crippen LogP contribution in [0.4, 0.5) is 0 Å². The molecule has 0 spiro atoms. The maximum atomic E-state index is 12.3. The molecule has 1 aromatic rings. The molecule has 8 nitrogen and oxygen atoms in total. The van der Waals surface area contributed by atoms with Crippen LogP contribution < -0.4 is 13.1 Å². The van der Waals surface area contributed by atoms with Gasteiger partial charge in [0, 0.05) is 0 Å². The molecule has 2 amide bonds. The van der Waals surface area contributed by atoms with E-state index in [1.807, 2.05) is 0 Å². The van der Waals surface area contributed by atoms with Gasteiger partial charge in [-0.25, -0.2) is 0 Å². The predicted octanol–water partition coefficient (Wildman–Crippen LogP) is 1.26. The third kappa shape index (κ3) is 4.35. The zero-order chi connectivity index (χ0) is 19.3. The van der Waals surface area contributed by atoms with Gasteiger partial charge in [0.2, 0.25) is 0 Å². The minimum atomic E-state index is -2.40. The van der Waals surface area contributed by atoms with Gasteiger partial charge >= 0.3 is 168 Å². The molecular formula is C16H17ClHgN2O6. The van der Waals surface area contributed by atoms with Crippen molar-refractivity contribution in [1.82, 2.24) is 5.32 Å². The fourth-order valence-electron chi connectivity index (χ4n) is 2.59. The normalized spacial score (nSPS) is 15.6. The van der Waals surface area contributed by atoms with E-state index < -0.39 is 54.8 Å². The average molecular weight is 569 g/mol. The van der Waals surface area contributed by atoms with Gasteiger partial charge in [0.1, 0.15) is 0 Å². The molecule has 1 aliphatic heterocycles. The topological polar surface area (TPSA) is 114 Å². The van der Waals surface area contributed by atoms with Crippen molar-refractivity contribution in [3.63, 3.8) is 0 Å². The molecule has 0 bridgehead atoms. The Kier molecular flexibility index (Phi) is 6.99. The molecule has 0 aromatic heterocycles. The molecule has 26 heavy (non-hydrogen) atoms. The third-order valence-corrected chi connectivity index (χ3v) is 9.52. The van der Waals surface area contributed by atoms with Crippen LogP contribution in [0.1, 0.15) is 26.7 Å². The van der Waals surface area contributed by atoms with E-state index >= 15 is 0 Å². The van der Waals surface area contributed by atoms with Crippen LogP contribution in [0.15, 0.2) is 23.2 Å². The fraction of sp³-hybridized carbons (Fsp3) is 0.375. The van der Waals surface area contributed by atoms with E-state index in [-0.39, 0.29) is 16.8 Å². The molecule has 136 valence electrons. The van der Waals surface area contributed by atoms with Crippen LogP contribution >= 0.6 is 11.6 Å². The number of carbonyl (C=O) groups is 3. The van der Waals surface area contributed by atoms with Crippen molar-refractivity contribution in [3.8, 4) is 5.75 Å². The number of amidine groups is 1. The molecule has 0 unspecified atom stereocenters. The van der Waals surface area contributed by atoms with Crippen molar-refractivity contribution < 1.29 is 51.9 Å². The molecule has 0 fully saturated rings. The summed E-state index contributed by atoms with van der Waals surface area (Å²) in [5.74, 6) is -1.80. The fourth-order valence-corrected chi connectivity index (χ4v) is 7.49. The van der Waals surface area contributed by atoms with Gasteiger partial charge in [-0.1, -0.05) is 0 Å². The minimum absolute atomic E-state index is 0.108. The molecule has 0 saturated heterocycles. The van der Waals surface area contributed by atoms with Crippen molar-refractivity contribution in [3.05, 3.63) is 23.2 Å². The summed E-state index contributed by atoms with van der Waals surface area (Å²) in [5.41, 5.74) is -1.14. The van der Waals surface area contributed by atoms with Crippen LogP contribution in [0.5, 0.6) is 5.75 Å². The second-order valence-corrected chi connectivity index (χ2v) is 11.3. The first-order chi connectivity index (χ1) is 12.3. The van der Waals surface area contributed by atoms with Crippen molar-refractivity contribution in [2.24, 2.45) is 10.4 Å². The average Bonchev–Trinajstić information content (AvgIpc) is 2.59. The number of halogens is 1. The van der Waals surface area contributed by atoms with Crippen molar-refractivity contribution in [2.75, 3.05) is 6.61 Å². The Balaban J connectivity index is 2.15. The summed E-state index contributed by atoms with van der Waals surface area (Å²) in [6, 6.07) is 4.89. The number of hydrogen-bond acceptors (Lipinski definition) is 5. The third-order valence-electron chi connectivity index (χ3n) is 4.23. The summed E-state index contributed by atoms with van der Waals surface area (Å²) < 4.78 is 11.5. The number of nitrogens with zero attached hydrogens (tertiary/aromatic N) is 1. The Hall–Kier alpha value is -1.67. The number of carboxylic acid groups (broad SMARTS) is 1. The van der Waals surface area contributed by atoms with E-state index in [1.54, 1.807) is 32.0 Å². The molecule has 0 saturated carbocycles. The first kappa shape index (κ1) is 20.6. The van der Waals surface area contributed by atoms with Crippen LogP contribution in [-0.2, 0) is 42.1 Å². The van der Waals surface area contributed by atoms with Crippen LogP contribution in [0, 0.1) is 5.41 Å². The second kappa shape index (κ2) is 8.81. The van der Waals surface area contributed by atoms with Gasteiger partial charge in [0.25, 0.3) is 0 Å². The van der Waals surface area contributed by atoms with Crippen molar-refractivity contribution in [2.45, 2.75) is 26.7 Å². The molecule has 2 N–H and O–H groups in total. The SMILES string of the molecule is CCC1(CC)C(=O)N=C([O][Hg][c]2cccc(Cl)c2OCC(=O)O)NC1=O. The van der Waals surface area contributed by atoms with Crippen molar-refractivity contribution >= 4 is 38.5 Å². The van der Waals surface area contributed by atoms with E-state index in [0.717, 1.165) is 0 Å². The van der Waals surface area contributed by atoms with Gasteiger partial charge in [-0.3, -0.25) is 0 Å². The molecule has 0 radical (unpaired) electrons. The summed E-state index contributed by atoms with van der Waals surface area (Å²) in [7, 11) is 0. The molecule has 1 aromatic carbocycles. The van der Waals surface area contributed by atoms with Gasteiger partial charge in [-0.2, -0.15) is 0 Å². The number of carboxylic acids is 1. The van der Waals surface area contributed by atoms with E-state index in [1.165, 1.54) is 0 Å². The quantitative estimate of drug-likeness (QED) is 0.378. The molecule has 2 rings (SSSR count). The number of ether oxygens (including phenoxy) is 1. The summed E-state index contributed by atoms with van der Waals surface area (Å²) in [5, 5.41) is 11.6. The van der Waals surface area contributed by atoms with E-state index in [4.69, 9.17) is 24.1 Å². The predicted molar refractivity (Wildman–Crippen MR) is 88.9 cm³/mol. The van der Waals surface area contributed by atoms with Gasteiger partial charge in [-0.15, -0.1) is 0 Å². The first-order valence-corrected chi connectivity index (χ1v) is 13.4. The van der Waals surface area contributed by atoms with Crippen LogP contribution in [0.3, 0.4) is 0 Å². The Morgan fingerprint density at radius 3 is 2.62 bits per heavy atom. The maximum absolute atomic E-state index is 12.3. The summed E-state index contributed by atoms with van der Waals surface area (Å²) >= 11 is 3.66. The summed E-state index contributed by atoms with van der Waals surface area (Å²) in [4.78, 5) is 39.2. The molecule has 10 heteroatoms. The zero-order valence-corrected chi connectivity index (χ0v) is 20.6. The van der Waals surface area contributed by atoms with Gasteiger partial charge in [0.15, 0.2) is 0 Å². The van der Waals surface area contributed by atoms with Crippen LogP contribution in [0.25, 0.3) is 0 Å². The van der Waals surface area contributed by atoms with Gasteiger partial charge in [0.05, 0.1) is 0 Å². The molecule has 1 heterocycles. The van der Waals surface area contributed by atoms with E-state index in [9.17, 15) is 14.4 Å². The number of nitrogens with one attached hydrogen (secondary N) is 1. The molecular weight excluding hydrogens is 552 g/mol. The standard InChI is InChI=1S/C8H6ClO3.C8H12N2O3.Hg/c9-6-3-1-2-4-7(6)12-5-8(10)11;1-3-8(4-2)5(11)9-7(13)10-6(8)12;/h1-3H,5H2,(H,10,11);3-4H2,1-2H3,(H2,9,10,11,12,13);/q;;+1/p-1. The molecule has 1 aliphatic rings. The number of benzene rings is 1. The number of para-hydroxylation sites is 1. The van der Waals surface area contributed by atoms with Crippen LogP contribution in [0.2, 0.25) is 5.02 Å². The van der Waals surface area contributed by atoms with Crippen LogP contribution in [-0.4, -0.2) is 35.5 Å². The number of amides is 2. The second-order valence-electron chi connectivity index (χ2n) is 5.66. The number of aliphatic imine (C=N–C) groups is 1. The number of aliphatic carboxylic acids is 1. The first-order valence-electron chi connectivity index (χ1n) is 8.03. The Labute approximate surface area is 168 Å². The van der Waals surface area contributed by atoms with Gasteiger partial charge < -0.3 is 0 Å². The summed E-state index contributed by atoms with van der Waals surface area (Å²) in [6.45, 7) is 3.00. The van der Waals surface area contributed by atoms with E-state index in [2.05, 4.69) is 10.3 Å². The number of carbonyl (C=O) groups excluding carboxylic acids is 2. The molecule has 0 atom stereocenters. The van der Waals surface area contributed by atoms with Crippen molar-refractivity contribution in [1.29, 1.82) is 0 Å². The monoisotopic (exact) mass is 570 g/mol. The summed E-state index contributed by atoms with van der Waals surface area (Å²) in [6.07, 6.45) is 0.716. The Morgan fingerprint density at radius 2 is 2.04 bits per heavy atom.